The zero-order valence-corrected chi connectivity index (χ0v) is 19.4. The van der Waals surface area contributed by atoms with Crippen molar-refractivity contribution >= 4 is 47.6 Å². The van der Waals surface area contributed by atoms with E-state index in [0.29, 0.717) is 0 Å². The molecule has 0 atom stereocenters. The second-order valence-corrected chi connectivity index (χ2v) is 12.0. The monoisotopic (exact) mass is 506 g/mol. The number of pyridine rings is 1. The molecule has 0 fully saturated rings. The number of aryl methyl sites for hydroxylation is 2. The molecule has 1 aromatic heterocycles. The summed E-state index contributed by atoms with van der Waals surface area (Å²) >= 11 is 3.26. The third kappa shape index (κ3) is 4.85. The van der Waals surface area contributed by atoms with Crippen molar-refractivity contribution in [2.24, 2.45) is 4.99 Å². The van der Waals surface area contributed by atoms with Crippen LogP contribution in [0.3, 0.4) is 0 Å². The Morgan fingerprint density at radius 1 is 0.800 bits per heavy atom. The average molecular weight is 507 g/mol. The number of hydrogen-bond donors (Lipinski definition) is 0. The third-order valence-corrected chi connectivity index (χ3v) is 9.67. The van der Waals surface area contributed by atoms with E-state index in [4.69, 9.17) is 0 Å². The first kappa shape index (κ1) is 22.3. The summed E-state index contributed by atoms with van der Waals surface area (Å²) in [5.41, 5.74) is 1.72. The van der Waals surface area contributed by atoms with Crippen LogP contribution in [-0.2, 0) is 19.7 Å². The Morgan fingerprint density at radius 3 is 1.67 bits per heavy atom. The minimum absolute atomic E-state index is 0.0935. The van der Waals surface area contributed by atoms with Crippen molar-refractivity contribution in [3.63, 3.8) is 0 Å². The quantitative estimate of drug-likeness (QED) is 0.460. The van der Waals surface area contributed by atoms with E-state index in [1.54, 1.807) is 36.4 Å². The standard InChI is InChI=1S/C21H19BrN2O4S2/c1-15-3-8-18(9-4-15)29(25,26)21(14-24-20-12-7-17(22)13-23-20)30(27,28)19-10-5-16(2)6-11-19/h3-14,21H,1-2H3. The molecule has 3 aromatic rings. The molecule has 1 heterocycles. The van der Waals surface area contributed by atoms with E-state index >= 15 is 0 Å². The summed E-state index contributed by atoms with van der Waals surface area (Å²) in [5, 5.41) is 0. The van der Waals surface area contributed by atoms with Crippen LogP contribution in [0.1, 0.15) is 11.1 Å². The molecular weight excluding hydrogens is 488 g/mol. The van der Waals surface area contributed by atoms with E-state index in [2.05, 4.69) is 25.9 Å². The highest BCUT2D eigenvalue weighted by molar-refractivity contribution is 9.10. The number of benzene rings is 2. The molecule has 0 amide bonds. The van der Waals surface area contributed by atoms with Gasteiger partial charge in [-0.05, 0) is 66.2 Å². The van der Waals surface area contributed by atoms with Gasteiger partial charge in [0.25, 0.3) is 0 Å². The fourth-order valence-electron chi connectivity index (χ4n) is 2.63. The van der Waals surface area contributed by atoms with Gasteiger partial charge in [-0.3, -0.25) is 0 Å². The van der Waals surface area contributed by atoms with Crippen molar-refractivity contribution in [2.45, 2.75) is 28.2 Å². The maximum atomic E-state index is 13.3. The zero-order valence-electron chi connectivity index (χ0n) is 16.2. The summed E-state index contributed by atoms with van der Waals surface area (Å²) < 4.78 is 52.0. The molecule has 0 bridgehead atoms. The van der Waals surface area contributed by atoms with Gasteiger partial charge in [0.15, 0.2) is 5.82 Å². The predicted molar refractivity (Wildman–Crippen MR) is 121 cm³/mol. The van der Waals surface area contributed by atoms with Gasteiger partial charge in [0, 0.05) is 16.9 Å². The van der Waals surface area contributed by atoms with Crippen LogP contribution in [0.4, 0.5) is 5.82 Å². The van der Waals surface area contributed by atoms with Gasteiger partial charge < -0.3 is 0 Å². The summed E-state index contributed by atoms with van der Waals surface area (Å²) in [6.45, 7) is 3.63. The van der Waals surface area contributed by atoms with Crippen molar-refractivity contribution in [3.05, 3.63) is 82.5 Å². The Morgan fingerprint density at radius 2 is 1.27 bits per heavy atom. The van der Waals surface area contributed by atoms with E-state index in [1.165, 1.54) is 30.5 Å². The Kier molecular flexibility index (Phi) is 6.54. The normalized spacial score (nSPS) is 12.5. The van der Waals surface area contributed by atoms with Gasteiger partial charge >= 0.3 is 0 Å². The first-order chi connectivity index (χ1) is 14.1. The molecule has 0 spiro atoms. The first-order valence-corrected chi connectivity index (χ1v) is 12.8. The molecule has 6 nitrogen and oxygen atoms in total. The van der Waals surface area contributed by atoms with Gasteiger partial charge in [0.1, 0.15) is 0 Å². The number of nitrogens with zero attached hydrogens (tertiary/aromatic N) is 2. The van der Waals surface area contributed by atoms with E-state index < -0.39 is 24.3 Å². The molecule has 0 radical (unpaired) electrons. The molecule has 0 saturated heterocycles. The summed E-state index contributed by atoms with van der Waals surface area (Å²) in [4.78, 5) is 7.91. The van der Waals surface area contributed by atoms with E-state index in [9.17, 15) is 16.8 Å². The van der Waals surface area contributed by atoms with Crippen LogP contribution in [-0.4, -0.2) is 32.6 Å². The molecule has 0 aliphatic rings. The smallest absolute Gasteiger partial charge is 0.206 e. The highest BCUT2D eigenvalue weighted by atomic mass is 79.9. The number of halogens is 1. The van der Waals surface area contributed by atoms with Gasteiger partial charge in [-0.2, -0.15) is 0 Å². The lowest BCUT2D eigenvalue weighted by molar-refractivity contribution is 0.584. The number of sulfone groups is 2. The molecule has 0 aliphatic carbocycles. The molecule has 30 heavy (non-hydrogen) atoms. The minimum atomic E-state index is -4.29. The van der Waals surface area contributed by atoms with E-state index in [1.807, 2.05) is 13.8 Å². The number of hydrogen-bond acceptors (Lipinski definition) is 6. The van der Waals surface area contributed by atoms with Crippen LogP contribution in [0.5, 0.6) is 0 Å². The molecule has 0 unspecified atom stereocenters. The fraction of sp³-hybridized carbons (Fsp3) is 0.143. The second-order valence-electron chi connectivity index (χ2n) is 6.70. The van der Waals surface area contributed by atoms with Crippen molar-refractivity contribution in [1.82, 2.24) is 4.98 Å². The molecule has 9 heteroatoms. The molecule has 0 saturated carbocycles. The molecule has 0 N–H and O–H groups in total. The van der Waals surface area contributed by atoms with Gasteiger partial charge in [-0.25, -0.2) is 26.8 Å². The fourth-order valence-corrected chi connectivity index (χ4v) is 6.88. The van der Waals surface area contributed by atoms with Crippen LogP contribution in [0.25, 0.3) is 0 Å². The van der Waals surface area contributed by atoms with Crippen molar-refractivity contribution in [2.75, 3.05) is 0 Å². The molecule has 3 rings (SSSR count). The zero-order chi connectivity index (χ0) is 21.9. The maximum absolute atomic E-state index is 13.3. The van der Waals surface area contributed by atoms with Gasteiger partial charge in [0.05, 0.1) is 9.79 Å². The highest BCUT2D eigenvalue weighted by Gasteiger charge is 2.39. The number of aromatic nitrogens is 1. The average Bonchev–Trinajstić information content (AvgIpc) is 2.70. The minimum Gasteiger partial charge on any atom is -0.239 e. The summed E-state index contributed by atoms with van der Waals surface area (Å²) in [6.07, 6.45) is 2.42. The molecule has 0 aliphatic heterocycles. The number of aliphatic imine (C=N–C) groups is 1. The van der Waals surface area contributed by atoms with E-state index in [-0.39, 0.29) is 15.6 Å². The lowest BCUT2D eigenvalue weighted by atomic mass is 10.2. The topological polar surface area (TPSA) is 93.5 Å². The first-order valence-electron chi connectivity index (χ1n) is 8.87. The van der Waals surface area contributed by atoms with Crippen LogP contribution < -0.4 is 0 Å². The molecular formula is C21H19BrN2O4S2. The van der Waals surface area contributed by atoms with Crippen molar-refractivity contribution in [3.8, 4) is 0 Å². The maximum Gasteiger partial charge on any atom is 0.206 e. The largest absolute Gasteiger partial charge is 0.239 e. The Balaban J connectivity index is 2.13. The molecule has 2 aromatic carbocycles. The van der Waals surface area contributed by atoms with Gasteiger partial charge in [0.2, 0.25) is 24.3 Å². The Labute approximate surface area is 184 Å². The van der Waals surface area contributed by atoms with Gasteiger partial charge in [-0.1, -0.05) is 35.4 Å². The van der Waals surface area contributed by atoms with Crippen LogP contribution in [0.2, 0.25) is 0 Å². The number of rotatable bonds is 6. The van der Waals surface area contributed by atoms with Gasteiger partial charge in [-0.15, -0.1) is 0 Å². The van der Waals surface area contributed by atoms with Crippen LogP contribution in [0.15, 0.2) is 86.1 Å². The highest BCUT2D eigenvalue weighted by Crippen LogP contribution is 2.26. The van der Waals surface area contributed by atoms with Crippen molar-refractivity contribution < 1.29 is 16.8 Å². The second kappa shape index (κ2) is 8.79. The summed E-state index contributed by atoms with van der Waals surface area (Å²) in [6, 6.07) is 15.3. The van der Waals surface area contributed by atoms with Crippen molar-refractivity contribution in [1.29, 1.82) is 0 Å². The lowest BCUT2D eigenvalue weighted by Crippen LogP contribution is -2.32. The van der Waals surface area contributed by atoms with E-state index in [0.717, 1.165) is 21.8 Å². The third-order valence-electron chi connectivity index (χ3n) is 4.35. The summed E-state index contributed by atoms with van der Waals surface area (Å²) in [5.74, 6) is 0.196. The predicted octanol–water partition coefficient (Wildman–Crippen LogP) is 4.44. The lowest BCUT2D eigenvalue weighted by Gasteiger charge is -2.15. The summed E-state index contributed by atoms with van der Waals surface area (Å²) in [7, 11) is -8.57. The SMILES string of the molecule is Cc1ccc(S(=O)(=O)C(C=Nc2ccc(Br)cn2)S(=O)(=O)c2ccc(C)cc2)cc1. The van der Waals surface area contributed by atoms with Crippen LogP contribution in [0, 0.1) is 13.8 Å². The Bertz CT molecular complexity index is 1190. The van der Waals surface area contributed by atoms with Crippen LogP contribution >= 0.6 is 15.9 Å². The Hall–Kier alpha value is -2.36. The molecule has 156 valence electrons.